The highest BCUT2D eigenvalue weighted by Gasteiger charge is 2.14. The van der Waals surface area contributed by atoms with Gasteiger partial charge < -0.3 is 9.73 Å². The molecule has 2 aromatic rings. The zero-order valence-electron chi connectivity index (χ0n) is 10.2. The molecule has 1 atom stereocenters. The van der Waals surface area contributed by atoms with E-state index >= 15 is 0 Å². The second kappa shape index (κ2) is 5.27. The second-order valence-electron chi connectivity index (χ2n) is 4.14. The highest BCUT2D eigenvalue weighted by atomic mass is 35.5. The Hall–Kier alpha value is -1.74. The molecule has 1 heterocycles. The third kappa shape index (κ3) is 2.74. The lowest BCUT2D eigenvalue weighted by Gasteiger charge is -2.14. The molecule has 94 valence electrons. The van der Waals surface area contributed by atoms with Gasteiger partial charge in [-0.25, -0.2) is 0 Å². The highest BCUT2D eigenvalue weighted by Crippen LogP contribution is 2.18. The maximum Gasteiger partial charge on any atom is 0.255 e. The fourth-order valence-corrected chi connectivity index (χ4v) is 1.95. The van der Waals surface area contributed by atoms with Crippen LogP contribution >= 0.6 is 11.6 Å². The van der Waals surface area contributed by atoms with Crippen molar-refractivity contribution in [2.45, 2.75) is 19.9 Å². The van der Waals surface area contributed by atoms with Crippen molar-refractivity contribution in [2.75, 3.05) is 0 Å². The first-order valence-corrected chi connectivity index (χ1v) is 6.06. The summed E-state index contributed by atoms with van der Waals surface area (Å²) in [5.74, 6) is 0.472. The molecule has 0 radical (unpaired) electrons. The molecule has 1 aromatic heterocycles. The van der Waals surface area contributed by atoms with E-state index in [0.717, 1.165) is 5.56 Å². The summed E-state index contributed by atoms with van der Waals surface area (Å²) in [4.78, 5) is 12.0. The van der Waals surface area contributed by atoms with Crippen molar-refractivity contribution in [2.24, 2.45) is 0 Å². The molecule has 0 fully saturated rings. The number of hydrogen-bond donors (Lipinski definition) is 1. The number of nitrogens with one attached hydrogen (secondary N) is 1. The lowest BCUT2D eigenvalue weighted by Crippen LogP contribution is -2.26. The Morgan fingerprint density at radius 2 is 2.17 bits per heavy atom. The van der Waals surface area contributed by atoms with Crippen LogP contribution in [-0.2, 0) is 0 Å². The van der Waals surface area contributed by atoms with Crippen molar-refractivity contribution >= 4 is 17.5 Å². The van der Waals surface area contributed by atoms with Crippen LogP contribution in [0.25, 0.3) is 0 Å². The van der Waals surface area contributed by atoms with E-state index in [1.165, 1.54) is 6.26 Å². The Morgan fingerprint density at radius 1 is 1.39 bits per heavy atom. The van der Waals surface area contributed by atoms with Crippen molar-refractivity contribution in [3.8, 4) is 0 Å². The lowest BCUT2D eigenvalue weighted by atomic mass is 10.1. The average molecular weight is 264 g/mol. The molecule has 0 saturated heterocycles. The van der Waals surface area contributed by atoms with Gasteiger partial charge in [0.2, 0.25) is 0 Å². The monoisotopic (exact) mass is 263 g/mol. The minimum Gasteiger partial charge on any atom is -0.469 e. The molecule has 0 saturated carbocycles. The standard InChI is InChI=1S/C14H14ClNO2/c1-9(11-4-3-5-12(15)8-11)16-14(17)13-6-7-18-10(13)2/h3-9H,1-2H3,(H,16,17)/t9-/m0/s1. The number of carbonyl (C=O) groups is 1. The number of benzene rings is 1. The zero-order chi connectivity index (χ0) is 13.1. The van der Waals surface area contributed by atoms with Gasteiger partial charge in [0.1, 0.15) is 5.76 Å². The van der Waals surface area contributed by atoms with Crippen LogP contribution in [0.3, 0.4) is 0 Å². The van der Waals surface area contributed by atoms with Crippen LogP contribution in [0.4, 0.5) is 0 Å². The van der Waals surface area contributed by atoms with E-state index in [-0.39, 0.29) is 11.9 Å². The molecule has 4 heteroatoms. The second-order valence-corrected chi connectivity index (χ2v) is 4.58. The van der Waals surface area contributed by atoms with Gasteiger partial charge in [-0.15, -0.1) is 0 Å². The maximum absolute atomic E-state index is 12.0. The van der Waals surface area contributed by atoms with E-state index in [4.69, 9.17) is 16.0 Å². The van der Waals surface area contributed by atoms with Crippen LogP contribution in [0.15, 0.2) is 41.0 Å². The first-order valence-electron chi connectivity index (χ1n) is 5.68. The number of rotatable bonds is 3. The average Bonchev–Trinajstić information content (AvgIpc) is 2.75. The van der Waals surface area contributed by atoms with Crippen LogP contribution in [-0.4, -0.2) is 5.91 Å². The summed E-state index contributed by atoms with van der Waals surface area (Å²) in [7, 11) is 0. The Labute approximate surface area is 111 Å². The zero-order valence-corrected chi connectivity index (χ0v) is 11.0. The van der Waals surface area contributed by atoms with Crippen molar-refractivity contribution in [3.63, 3.8) is 0 Å². The van der Waals surface area contributed by atoms with Gasteiger partial charge in [0, 0.05) is 5.02 Å². The van der Waals surface area contributed by atoms with Crippen LogP contribution in [0.2, 0.25) is 5.02 Å². The first-order chi connectivity index (χ1) is 8.58. The Balaban J connectivity index is 2.10. The summed E-state index contributed by atoms with van der Waals surface area (Å²) in [5, 5.41) is 3.57. The van der Waals surface area contributed by atoms with Gasteiger partial charge in [0.25, 0.3) is 5.91 Å². The first kappa shape index (κ1) is 12.7. The van der Waals surface area contributed by atoms with Gasteiger partial charge in [-0.3, -0.25) is 4.79 Å². The molecule has 0 spiro atoms. The van der Waals surface area contributed by atoms with E-state index < -0.39 is 0 Å². The number of halogens is 1. The van der Waals surface area contributed by atoms with Gasteiger partial charge >= 0.3 is 0 Å². The quantitative estimate of drug-likeness (QED) is 0.917. The predicted molar refractivity (Wildman–Crippen MR) is 70.8 cm³/mol. The van der Waals surface area contributed by atoms with Crippen LogP contribution in [0.1, 0.15) is 34.6 Å². The fraction of sp³-hybridized carbons (Fsp3) is 0.214. The third-order valence-electron chi connectivity index (χ3n) is 2.80. The summed E-state index contributed by atoms with van der Waals surface area (Å²) in [6, 6.07) is 9.00. The van der Waals surface area contributed by atoms with Gasteiger partial charge in [-0.1, -0.05) is 23.7 Å². The van der Waals surface area contributed by atoms with Gasteiger partial charge in [0.05, 0.1) is 17.9 Å². The fourth-order valence-electron chi connectivity index (χ4n) is 1.75. The molecule has 1 aromatic carbocycles. The maximum atomic E-state index is 12.0. The lowest BCUT2D eigenvalue weighted by molar-refractivity contribution is 0.0938. The normalized spacial score (nSPS) is 12.2. The Kier molecular flexibility index (Phi) is 3.72. The summed E-state index contributed by atoms with van der Waals surface area (Å²) in [6.07, 6.45) is 1.51. The molecule has 3 nitrogen and oxygen atoms in total. The summed E-state index contributed by atoms with van der Waals surface area (Å²) >= 11 is 5.92. The van der Waals surface area contributed by atoms with Crippen molar-refractivity contribution in [1.82, 2.24) is 5.32 Å². The molecule has 0 aliphatic carbocycles. The van der Waals surface area contributed by atoms with Crippen LogP contribution in [0.5, 0.6) is 0 Å². The van der Waals surface area contributed by atoms with Gasteiger partial charge in [-0.05, 0) is 37.6 Å². The number of amides is 1. The van der Waals surface area contributed by atoms with Gasteiger partial charge in [0.15, 0.2) is 0 Å². The van der Waals surface area contributed by atoms with Crippen LogP contribution in [0, 0.1) is 6.92 Å². The Bertz CT molecular complexity index is 562. The van der Waals surface area contributed by atoms with E-state index in [1.807, 2.05) is 25.1 Å². The van der Waals surface area contributed by atoms with E-state index in [0.29, 0.717) is 16.3 Å². The van der Waals surface area contributed by atoms with E-state index in [2.05, 4.69) is 5.32 Å². The largest absolute Gasteiger partial charge is 0.469 e. The highest BCUT2D eigenvalue weighted by molar-refractivity contribution is 6.30. The van der Waals surface area contributed by atoms with Crippen molar-refractivity contribution in [1.29, 1.82) is 0 Å². The van der Waals surface area contributed by atoms with Gasteiger partial charge in [-0.2, -0.15) is 0 Å². The van der Waals surface area contributed by atoms with E-state index in [1.54, 1.807) is 19.1 Å². The van der Waals surface area contributed by atoms with Crippen molar-refractivity contribution < 1.29 is 9.21 Å². The minimum absolute atomic E-state index is 0.106. The van der Waals surface area contributed by atoms with E-state index in [9.17, 15) is 4.79 Å². The number of aryl methyl sites for hydroxylation is 1. The molecule has 2 rings (SSSR count). The topological polar surface area (TPSA) is 42.2 Å². The molecule has 18 heavy (non-hydrogen) atoms. The molecule has 0 unspecified atom stereocenters. The molecular formula is C14H14ClNO2. The van der Waals surface area contributed by atoms with Crippen molar-refractivity contribution in [3.05, 3.63) is 58.5 Å². The molecule has 0 aliphatic rings. The number of carbonyl (C=O) groups excluding carboxylic acids is 1. The molecule has 0 aliphatic heterocycles. The summed E-state index contributed by atoms with van der Waals surface area (Å²) in [5.41, 5.74) is 1.53. The SMILES string of the molecule is Cc1occc1C(=O)N[C@@H](C)c1cccc(Cl)c1. The third-order valence-corrected chi connectivity index (χ3v) is 3.03. The summed E-state index contributed by atoms with van der Waals surface area (Å²) in [6.45, 7) is 3.68. The van der Waals surface area contributed by atoms with Crippen LogP contribution < -0.4 is 5.32 Å². The predicted octanol–water partition coefficient (Wildman–Crippen LogP) is 3.73. The molecular weight excluding hydrogens is 250 g/mol. The smallest absolute Gasteiger partial charge is 0.255 e. The molecule has 1 amide bonds. The molecule has 1 N–H and O–H groups in total. The number of furan rings is 1. The summed E-state index contributed by atoms with van der Waals surface area (Å²) < 4.78 is 5.11. The minimum atomic E-state index is -0.145. The number of hydrogen-bond acceptors (Lipinski definition) is 2. The Morgan fingerprint density at radius 3 is 2.78 bits per heavy atom. The molecule has 0 bridgehead atoms.